The lowest BCUT2D eigenvalue weighted by molar-refractivity contribution is -0.133. The SMILES string of the molecule is CC1CCCCC1N(C)C(=O)CCn1ncc(=O)c2ccccc21. The number of fused-ring (bicyclic) bond motifs is 1. The second kappa shape index (κ2) is 7.16. The molecule has 24 heavy (non-hydrogen) atoms. The molecule has 128 valence electrons. The van der Waals surface area contributed by atoms with Crippen LogP contribution in [-0.2, 0) is 11.3 Å². The van der Waals surface area contributed by atoms with Crippen molar-refractivity contribution in [2.45, 2.75) is 51.6 Å². The lowest BCUT2D eigenvalue weighted by Gasteiger charge is -2.36. The molecule has 1 fully saturated rings. The van der Waals surface area contributed by atoms with Gasteiger partial charge in [-0.2, -0.15) is 5.10 Å². The van der Waals surface area contributed by atoms with E-state index in [4.69, 9.17) is 0 Å². The van der Waals surface area contributed by atoms with Crippen LogP contribution in [0.3, 0.4) is 0 Å². The highest BCUT2D eigenvalue weighted by Gasteiger charge is 2.27. The van der Waals surface area contributed by atoms with Gasteiger partial charge in [0.15, 0.2) is 0 Å². The number of benzene rings is 1. The Balaban J connectivity index is 1.70. The first kappa shape index (κ1) is 16.7. The third-order valence-electron chi connectivity index (χ3n) is 5.26. The van der Waals surface area contributed by atoms with Gasteiger partial charge in [0.2, 0.25) is 11.3 Å². The minimum atomic E-state index is -0.0821. The Morgan fingerprint density at radius 2 is 2.04 bits per heavy atom. The third kappa shape index (κ3) is 3.35. The maximum Gasteiger partial charge on any atom is 0.224 e. The molecule has 3 rings (SSSR count). The molecule has 1 saturated carbocycles. The molecular weight excluding hydrogens is 302 g/mol. The number of amides is 1. The van der Waals surface area contributed by atoms with Crippen LogP contribution in [0.5, 0.6) is 0 Å². The van der Waals surface area contributed by atoms with Crippen LogP contribution in [0.4, 0.5) is 0 Å². The summed E-state index contributed by atoms with van der Waals surface area (Å²) in [4.78, 5) is 26.4. The molecular formula is C19H25N3O2. The predicted molar refractivity (Wildman–Crippen MR) is 94.8 cm³/mol. The van der Waals surface area contributed by atoms with E-state index in [-0.39, 0.29) is 11.3 Å². The summed E-state index contributed by atoms with van der Waals surface area (Å²) >= 11 is 0. The van der Waals surface area contributed by atoms with Gasteiger partial charge in [0.25, 0.3) is 0 Å². The van der Waals surface area contributed by atoms with Crippen molar-refractivity contribution in [1.29, 1.82) is 0 Å². The summed E-state index contributed by atoms with van der Waals surface area (Å²) in [7, 11) is 1.92. The number of nitrogens with zero attached hydrogens (tertiary/aromatic N) is 3. The lowest BCUT2D eigenvalue weighted by Crippen LogP contribution is -2.42. The molecule has 0 saturated heterocycles. The van der Waals surface area contributed by atoms with Crippen molar-refractivity contribution in [3.8, 4) is 0 Å². The number of aryl methyl sites for hydroxylation is 1. The number of rotatable bonds is 4. The van der Waals surface area contributed by atoms with E-state index >= 15 is 0 Å². The van der Waals surface area contributed by atoms with Gasteiger partial charge in [-0.25, -0.2) is 0 Å². The quantitative estimate of drug-likeness (QED) is 0.868. The molecule has 1 amide bonds. The molecule has 0 radical (unpaired) electrons. The van der Waals surface area contributed by atoms with E-state index < -0.39 is 0 Å². The van der Waals surface area contributed by atoms with Crippen LogP contribution in [-0.4, -0.2) is 33.7 Å². The van der Waals surface area contributed by atoms with Gasteiger partial charge in [-0.05, 0) is 30.9 Å². The molecule has 5 nitrogen and oxygen atoms in total. The van der Waals surface area contributed by atoms with Gasteiger partial charge in [0, 0.05) is 24.9 Å². The smallest absolute Gasteiger partial charge is 0.224 e. The number of para-hydroxylation sites is 1. The molecule has 1 aromatic heterocycles. The Morgan fingerprint density at radius 3 is 2.83 bits per heavy atom. The largest absolute Gasteiger partial charge is 0.342 e. The zero-order valence-corrected chi connectivity index (χ0v) is 14.4. The van der Waals surface area contributed by atoms with Gasteiger partial charge in [0.05, 0.1) is 18.3 Å². The molecule has 0 spiro atoms. The summed E-state index contributed by atoms with van der Waals surface area (Å²) in [5.41, 5.74) is 0.702. The van der Waals surface area contributed by atoms with Crippen LogP contribution in [0.25, 0.3) is 10.9 Å². The second-order valence-corrected chi connectivity index (χ2v) is 6.83. The molecule has 1 aliphatic carbocycles. The van der Waals surface area contributed by atoms with E-state index in [9.17, 15) is 9.59 Å². The highest BCUT2D eigenvalue weighted by atomic mass is 16.2. The van der Waals surface area contributed by atoms with E-state index in [2.05, 4.69) is 12.0 Å². The highest BCUT2D eigenvalue weighted by Crippen LogP contribution is 2.27. The van der Waals surface area contributed by atoms with Crippen molar-refractivity contribution < 1.29 is 4.79 Å². The third-order valence-corrected chi connectivity index (χ3v) is 5.26. The van der Waals surface area contributed by atoms with E-state index in [1.165, 1.54) is 25.5 Å². The minimum Gasteiger partial charge on any atom is -0.342 e. The standard InChI is InChI=1S/C19H25N3O2/c1-14-7-3-5-9-16(14)21(2)19(24)11-12-22-17-10-6-4-8-15(17)18(23)13-20-22/h4,6,8,10,13-14,16H,3,5,7,9,11-12H2,1-2H3. The van der Waals surface area contributed by atoms with Crippen molar-refractivity contribution >= 4 is 16.8 Å². The lowest BCUT2D eigenvalue weighted by atomic mass is 9.85. The summed E-state index contributed by atoms with van der Waals surface area (Å²) in [6.07, 6.45) is 6.52. The molecule has 5 heteroatoms. The second-order valence-electron chi connectivity index (χ2n) is 6.83. The van der Waals surface area contributed by atoms with Gasteiger partial charge in [-0.3, -0.25) is 14.3 Å². The van der Waals surface area contributed by atoms with Crippen molar-refractivity contribution in [1.82, 2.24) is 14.7 Å². The zero-order valence-electron chi connectivity index (χ0n) is 14.4. The maximum atomic E-state index is 12.6. The van der Waals surface area contributed by atoms with Crippen LogP contribution in [0, 0.1) is 5.92 Å². The van der Waals surface area contributed by atoms with Crippen molar-refractivity contribution in [3.05, 3.63) is 40.7 Å². The number of carbonyl (C=O) groups excluding carboxylic acids is 1. The van der Waals surface area contributed by atoms with E-state index in [0.717, 1.165) is 11.9 Å². The Labute approximate surface area is 142 Å². The van der Waals surface area contributed by atoms with Crippen LogP contribution >= 0.6 is 0 Å². The van der Waals surface area contributed by atoms with Crippen molar-refractivity contribution in [3.63, 3.8) is 0 Å². The van der Waals surface area contributed by atoms with Crippen LogP contribution < -0.4 is 5.43 Å². The topological polar surface area (TPSA) is 55.2 Å². The number of hydrogen-bond acceptors (Lipinski definition) is 3. The molecule has 1 heterocycles. The van der Waals surface area contributed by atoms with E-state index in [1.54, 1.807) is 10.7 Å². The summed E-state index contributed by atoms with van der Waals surface area (Å²) in [6.45, 7) is 2.73. The Hall–Kier alpha value is -2.17. The first-order chi connectivity index (χ1) is 11.6. The maximum absolute atomic E-state index is 12.6. The normalized spacial score (nSPS) is 20.9. The number of carbonyl (C=O) groups is 1. The molecule has 2 aromatic rings. The molecule has 0 bridgehead atoms. The molecule has 1 aliphatic rings. The fraction of sp³-hybridized carbons (Fsp3) is 0.526. The number of hydrogen-bond donors (Lipinski definition) is 0. The Morgan fingerprint density at radius 1 is 1.29 bits per heavy atom. The Bertz CT molecular complexity index is 784. The monoisotopic (exact) mass is 327 g/mol. The summed E-state index contributed by atoms with van der Waals surface area (Å²) in [5.74, 6) is 0.720. The van der Waals surface area contributed by atoms with Gasteiger partial charge in [0.1, 0.15) is 0 Å². The summed E-state index contributed by atoms with van der Waals surface area (Å²) in [6, 6.07) is 7.76. The van der Waals surface area contributed by atoms with Crippen LogP contribution in [0.15, 0.2) is 35.3 Å². The molecule has 0 aliphatic heterocycles. The fourth-order valence-electron chi connectivity index (χ4n) is 3.77. The van der Waals surface area contributed by atoms with Gasteiger partial charge in [-0.15, -0.1) is 0 Å². The fourth-order valence-corrected chi connectivity index (χ4v) is 3.77. The summed E-state index contributed by atoms with van der Waals surface area (Å²) < 4.78 is 1.76. The van der Waals surface area contributed by atoms with Crippen LogP contribution in [0.2, 0.25) is 0 Å². The molecule has 1 aromatic carbocycles. The zero-order chi connectivity index (χ0) is 17.1. The van der Waals surface area contributed by atoms with Crippen molar-refractivity contribution in [2.75, 3.05) is 7.05 Å². The van der Waals surface area contributed by atoms with Crippen molar-refractivity contribution in [2.24, 2.45) is 5.92 Å². The average molecular weight is 327 g/mol. The first-order valence-corrected chi connectivity index (χ1v) is 8.78. The van der Waals surface area contributed by atoms with Crippen LogP contribution in [0.1, 0.15) is 39.0 Å². The predicted octanol–water partition coefficient (Wildman–Crippen LogP) is 2.82. The molecule has 0 N–H and O–H groups in total. The van der Waals surface area contributed by atoms with E-state index in [1.807, 2.05) is 30.1 Å². The highest BCUT2D eigenvalue weighted by molar-refractivity contribution is 5.79. The minimum absolute atomic E-state index is 0.0821. The number of aromatic nitrogens is 2. The Kier molecular flexibility index (Phi) is 4.97. The van der Waals surface area contributed by atoms with Gasteiger partial charge >= 0.3 is 0 Å². The average Bonchev–Trinajstić information content (AvgIpc) is 2.61. The van der Waals surface area contributed by atoms with Gasteiger partial charge < -0.3 is 4.90 Å². The summed E-state index contributed by atoms with van der Waals surface area (Å²) in [5, 5.41) is 4.85. The van der Waals surface area contributed by atoms with E-state index in [0.29, 0.717) is 30.3 Å². The van der Waals surface area contributed by atoms with Gasteiger partial charge in [-0.1, -0.05) is 31.9 Å². The first-order valence-electron chi connectivity index (χ1n) is 8.78. The molecule has 2 unspecified atom stereocenters. The molecule has 2 atom stereocenters.